The van der Waals surface area contributed by atoms with E-state index >= 15 is 0 Å². The Balaban J connectivity index is 2.23. The highest BCUT2D eigenvalue weighted by atomic mass is 32.2. The second kappa shape index (κ2) is 6.04. The topological polar surface area (TPSA) is 40.1 Å². The molecular formula is C18H13O2S-. The highest BCUT2D eigenvalue weighted by molar-refractivity contribution is 7.79. The van der Waals surface area contributed by atoms with Crippen molar-refractivity contribution in [2.24, 2.45) is 0 Å². The molecule has 21 heavy (non-hydrogen) atoms. The van der Waals surface area contributed by atoms with Crippen LogP contribution in [0.2, 0.25) is 0 Å². The lowest BCUT2D eigenvalue weighted by atomic mass is 9.95. The molecular weight excluding hydrogens is 280 g/mol. The molecule has 0 aliphatic carbocycles. The van der Waals surface area contributed by atoms with Crippen LogP contribution in [0.5, 0.6) is 0 Å². The standard InChI is InChI=1S/C18H14O2S/c19-21(20)16-11-12-17(14-7-3-1-4-8-14)18(13-16)15-9-5-2-6-10-15/h1-13H,(H,19,20)/p-1. The molecule has 0 radical (unpaired) electrons. The van der Waals surface area contributed by atoms with Crippen LogP contribution in [0, 0.1) is 0 Å². The molecule has 2 nitrogen and oxygen atoms in total. The Morgan fingerprint density at radius 2 is 1.19 bits per heavy atom. The predicted molar refractivity (Wildman–Crippen MR) is 84.5 cm³/mol. The summed E-state index contributed by atoms with van der Waals surface area (Å²) in [5.74, 6) is 0. The van der Waals surface area contributed by atoms with Crippen LogP contribution in [0.25, 0.3) is 22.3 Å². The zero-order valence-electron chi connectivity index (χ0n) is 11.2. The molecule has 1 unspecified atom stereocenters. The Hall–Kier alpha value is -2.23. The summed E-state index contributed by atoms with van der Waals surface area (Å²) in [5, 5.41) is 0. The van der Waals surface area contributed by atoms with Crippen LogP contribution in [-0.2, 0) is 11.1 Å². The molecule has 1 atom stereocenters. The summed E-state index contributed by atoms with van der Waals surface area (Å²) in [4.78, 5) is 0.300. The van der Waals surface area contributed by atoms with Crippen molar-refractivity contribution in [3.63, 3.8) is 0 Å². The van der Waals surface area contributed by atoms with E-state index in [4.69, 9.17) is 0 Å². The molecule has 0 aromatic heterocycles. The number of hydrogen-bond acceptors (Lipinski definition) is 2. The van der Waals surface area contributed by atoms with Crippen LogP contribution in [0.3, 0.4) is 0 Å². The van der Waals surface area contributed by atoms with E-state index in [-0.39, 0.29) is 0 Å². The average Bonchev–Trinajstić information content (AvgIpc) is 2.56. The third kappa shape index (κ3) is 2.94. The first-order valence-corrected chi connectivity index (χ1v) is 7.67. The largest absolute Gasteiger partial charge is 0.768 e. The first-order valence-electron chi connectivity index (χ1n) is 6.60. The van der Waals surface area contributed by atoms with Crippen molar-refractivity contribution in [2.45, 2.75) is 4.90 Å². The van der Waals surface area contributed by atoms with Gasteiger partial charge in [0.05, 0.1) is 0 Å². The van der Waals surface area contributed by atoms with E-state index in [9.17, 15) is 8.76 Å². The molecule has 0 fully saturated rings. The minimum Gasteiger partial charge on any atom is -0.768 e. The van der Waals surface area contributed by atoms with Gasteiger partial charge in [0.25, 0.3) is 0 Å². The summed E-state index contributed by atoms with van der Waals surface area (Å²) in [6.45, 7) is 0. The van der Waals surface area contributed by atoms with Gasteiger partial charge in [0.2, 0.25) is 0 Å². The molecule has 0 heterocycles. The maximum atomic E-state index is 11.2. The number of rotatable bonds is 3. The van der Waals surface area contributed by atoms with Crippen molar-refractivity contribution < 1.29 is 8.76 Å². The lowest BCUT2D eigenvalue weighted by molar-refractivity contribution is 0.537. The van der Waals surface area contributed by atoms with Crippen molar-refractivity contribution in [1.82, 2.24) is 0 Å². The number of hydrogen-bond donors (Lipinski definition) is 0. The first kappa shape index (κ1) is 13.7. The quantitative estimate of drug-likeness (QED) is 0.677. The Morgan fingerprint density at radius 3 is 1.71 bits per heavy atom. The van der Waals surface area contributed by atoms with Crippen LogP contribution in [0.4, 0.5) is 0 Å². The first-order chi connectivity index (χ1) is 10.3. The van der Waals surface area contributed by atoms with Gasteiger partial charge in [-0.15, -0.1) is 0 Å². The fourth-order valence-electron chi connectivity index (χ4n) is 2.35. The third-order valence-electron chi connectivity index (χ3n) is 3.35. The maximum absolute atomic E-state index is 11.2. The van der Waals surface area contributed by atoms with Gasteiger partial charge in [-0.05, 0) is 45.5 Å². The molecule has 0 N–H and O–H groups in total. The minimum absolute atomic E-state index is 0.300. The predicted octanol–water partition coefficient (Wildman–Crippen LogP) is 4.26. The SMILES string of the molecule is O=S([O-])c1ccc(-c2ccccc2)c(-c2ccccc2)c1. The lowest BCUT2D eigenvalue weighted by Gasteiger charge is -2.14. The van der Waals surface area contributed by atoms with Gasteiger partial charge in [0.15, 0.2) is 0 Å². The molecule has 104 valence electrons. The van der Waals surface area contributed by atoms with Crippen LogP contribution in [0.1, 0.15) is 0 Å². The van der Waals surface area contributed by atoms with Gasteiger partial charge in [0, 0.05) is 4.90 Å². The second-order valence-electron chi connectivity index (χ2n) is 4.67. The maximum Gasteiger partial charge on any atom is 0.0255 e. The van der Waals surface area contributed by atoms with Gasteiger partial charge >= 0.3 is 0 Å². The summed E-state index contributed by atoms with van der Waals surface area (Å²) in [5.41, 5.74) is 4.02. The highest BCUT2D eigenvalue weighted by Crippen LogP contribution is 2.33. The fraction of sp³-hybridized carbons (Fsp3) is 0. The molecule has 0 aliphatic rings. The monoisotopic (exact) mass is 293 g/mol. The summed E-state index contributed by atoms with van der Waals surface area (Å²) < 4.78 is 22.5. The fourth-order valence-corrected chi connectivity index (χ4v) is 2.75. The van der Waals surface area contributed by atoms with Crippen molar-refractivity contribution in [3.8, 4) is 22.3 Å². The summed E-state index contributed by atoms with van der Waals surface area (Å²) >= 11 is -2.23. The van der Waals surface area contributed by atoms with E-state index in [1.165, 1.54) is 0 Å². The molecule has 0 amide bonds. The molecule has 0 bridgehead atoms. The number of benzene rings is 3. The van der Waals surface area contributed by atoms with E-state index < -0.39 is 11.1 Å². The summed E-state index contributed by atoms with van der Waals surface area (Å²) in [6.07, 6.45) is 0. The Labute approximate surface area is 126 Å². The van der Waals surface area contributed by atoms with E-state index in [1.807, 2.05) is 66.7 Å². The van der Waals surface area contributed by atoms with E-state index in [0.29, 0.717) is 4.90 Å². The van der Waals surface area contributed by atoms with E-state index in [2.05, 4.69) is 0 Å². The highest BCUT2D eigenvalue weighted by Gasteiger charge is 2.08. The smallest absolute Gasteiger partial charge is 0.0255 e. The second-order valence-corrected chi connectivity index (χ2v) is 5.61. The Bertz CT molecular complexity index is 768. The van der Waals surface area contributed by atoms with Crippen LogP contribution in [0.15, 0.2) is 83.8 Å². The van der Waals surface area contributed by atoms with Crippen LogP contribution < -0.4 is 0 Å². The molecule has 0 saturated heterocycles. The van der Waals surface area contributed by atoms with Gasteiger partial charge < -0.3 is 4.55 Å². The van der Waals surface area contributed by atoms with Gasteiger partial charge in [-0.1, -0.05) is 66.7 Å². The molecule has 3 heteroatoms. The molecule has 0 spiro atoms. The summed E-state index contributed by atoms with van der Waals surface area (Å²) in [7, 11) is 0. The van der Waals surface area contributed by atoms with Crippen LogP contribution in [-0.4, -0.2) is 8.76 Å². The zero-order chi connectivity index (χ0) is 14.7. The van der Waals surface area contributed by atoms with Crippen molar-refractivity contribution in [2.75, 3.05) is 0 Å². The molecule has 3 aromatic carbocycles. The zero-order valence-corrected chi connectivity index (χ0v) is 12.0. The van der Waals surface area contributed by atoms with Crippen molar-refractivity contribution in [3.05, 3.63) is 78.9 Å². The van der Waals surface area contributed by atoms with Crippen molar-refractivity contribution in [1.29, 1.82) is 0 Å². The average molecular weight is 293 g/mol. The molecule has 0 aliphatic heterocycles. The lowest BCUT2D eigenvalue weighted by Crippen LogP contribution is -1.92. The molecule has 3 aromatic rings. The van der Waals surface area contributed by atoms with Gasteiger partial charge in [-0.25, -0.2) is 0 Å². The third-order valence-corrected chi connectivity index (χ3v) is 3.99. The van der Waals surface area contributed by atoms with Crippen LogP contribution >= 0.6 is 0 Å². The van der Waals surface area contributed by atoms with Gasteiger partial charge in [0.1, 0.15) is 0 Å². The minimum atomic E-state index is -2.23. The summed E-state index contributed by atoms with van der Waals surface area (Å²) in [6, 6.07) is 25.0. The molecule has 0 saturated carbocycles. The Kier molecular flexibility index (Phi) is 3.95. The van der Waals surface area contributed by atoms with E-state index in [1.54, 1.807) is 12.1 Å². The normalized spacial score (nSPS) is 12.0. The van der Waals surface area contributed by atoms with Gasteiger partial charge in [-0.2, -0.15) is 0 Å². The Morgan fingerprint density at radius 1 is 0.667 bits per heavy atom. The van der Waals surface area contributed by atoms with Crippen molar-refractivity contribution >= 4 is 11.1 Å². The van der Waals surface area contributed by atoms with E-state index in [0.717, 1.165) is 22.3 Å². The van der Waals surface area contributed by atoms with Gasteiger partial charge in [-0.3, -0.25) is 4.21 Å². The molecule has 3 rings (SSSR count).